The maximum atomic E-state index is 13.4. The number of hydrogen-bond acceptors (Lipinski definition) is 6. The van der Waals surface area contributed by atoms with Gasteiger partial charge in [0.25, 0.3) is 5.56 Å². The summed E-state index contributed by atoms with van der Waals surface area (Å²) in [5.74, 6) is 1.26. The van der Waals surface area contributed by atoms with Crippen molar-refractivity contribution in [2.75, 3.05) is 40.4 Å². The number of piperazine rings is 1. The molecule has 1 aliphatic rings. The molecule has 0 amide bonds. The number of ether oxygens (including phenoxy) is 2. The van der Waals surface area contributed by atoms with Gasteiger partial charge in [0.2, 0.25) is 0 Å². The van der Waals surface area contributed by atoms with Gasteiger partial charge in [-0.3, -0.25) is 14.6 Å². The van der Waals surface area contributed by atoms with Crippen molar-refractivity contribution in [3.8, 4) is 11.5 Å². The summed E-state index contributed by atoms with van der Waals surface area (Å²) in [6, 6.07) is 11.8. The zero-order valence-electron chi connectivity index (χ0n) is 19.6. The van der Waals surface area contributed by atoms with Crippen LogP contribution in [0.3, 0.4) is 0 Å². The number of rotatable bonds is 6. The van der Waals surface area contributed by atoms with Crippen molar-refractivity contribution in [1.82, 2.24) is 24.1 Å². The molecule has 0 aliphatic carbocycles. The first kappa shape index (κ1) is 22.7. The first-order valence-electron chi connectivity index (χ1n) is 11.3. The van der Waals surface area contributed by atoms with Crippen molar-refractivity contribution in [3.05, 3.63) is 63.5 Å². The molecule has 0 N–H and O–H groups in total. The number of fused-ring (bicyclic) bond motifs is 3. The number of aromatic nitrogens is 3. The van der Waals surface area contributed by atoms with Crippen molar-refractivity contribution in [2.24, 2.45) is 7.05 Å². The van der Waals surface area contributed by atoms with E-state index in [1.54, 1.807) is 25.1 Å². The van der Waals surface area contributed by atoms with E-state index in [4.69, 9.17) is 21.1 Å². The molecule has 2 aromatic carbocycles. The van der Waals surface area contributed by atoms with E-state index in [1.165, 1.54) is 5.56 Å². The van der Waals surface area contributed by atoms with Gasteiger partial charge in [0.15, 0.2) is 11.5 Å². The monoisotopic (exact) mass is 481 g/mol. The van der Waals surface area contributed by atoms with Gasteiger partial charge >= 0.3 is 0 Å². The highest BCUT2D eigenvalue weighted by Gasteiger charge is 2.21. The SMILES string of the molecule is COc1cc2c3cnn(CN4CCN(Cc5cccc(Cl)c5)CC4)c(=O)c3n(C)c2cc1OC. The minimum Gasteiger partial charge on any atom is -0.493 e. The summed E-state index contributed by atoms with van der Waals surface area (Å²) in [5.41, 5.74) is 2.64. The Morgan fingerprint density at radius 2 is 1.68 bits per heavy atom. The summed E-state index contributed by atoms with van der Waals surface area (Å²) in [6.07, 6.45) is 1.78. The molecule has 1 fully saturated rings. The van der Waals surface area contributed by atoms with Crippen LogP contribution in [-0.4, -0.2) is 64.5 Å². The number of nitrogens with zero attached hydrogens (tertiary/aromatic N) is 5. The Bertz CT molecular complexity index is 1410. The van der Waals surface area contributed by atoms with Crippen LogP contribution >= 0.6 is 11.6 Å². The fourth-order valence-corrected chi connectivity index (χ4v) is 4.97. The molecule has 4 aromatic rings. The average Bonchev–Trinajstić information content (AvgIpc) is 3.12. The zero-order valence-corrected chi connectivity index (χ0v) is 20.4. The van der Waals surface area contributed by atoms with Gasteiger partial charge in [-0.1, -0.05) is 23.7 Å². The Kier molecular flexibility index (Phi) is 6.20. The van der Waals surface area contributed by atoms with E-state index in [0.717, 1.165) is 54.0 Å². The summed E-state index contributed by atoms with van der Waals surface area (Å²) in [5, 5.41) is 7.00. The second-order valence-corrected chi connectivity index (χ2v) is 9.10. The standard InChI is InChI=1S/C25H28ClN5O3/c1-28-21-13-23(34-3)22(33-2)12-19(21)20-14-27-31(25(32)24(20)28)16-30-9-7-29(8-10-30)15-17-5-4-6-18(26)11-17/h4-6,11-14H,7-10,15-16H2,1-3H3. The van der Waals surface area contributed by atoms with Crippen molar-refractivity contribution >= 4 is 33.4 Å². The van der Waals surface area contributed by atoms with Crippen LogP contribution in [0.15, 0.2) is 47.4 Å². The topological polar surface area (TPSA) is 64.8 Å². The Balaban J connectivity index is 1.35. The summed E-state index contributed by atoms with van der Waals surface area (Å²) >= 11 is 6.12. The van der Waals surface area contributed by atoms with Crippen LogP contribution in [-0.2, 0) is 20.3 Å². The number of aryl methyl sites for hydroxylation is 1. The van der Waals surface area contributed by atoms with Crippen LogP contribution in [0.25, 0.3) is 21.8 Å². The maximum Gasteiger partial charge on any atom is 0.292 e. The van der Waals surface area contributed by atoms with Gasteiger partial charge in [0, 0.05) is 61.6 Å². The van der Waals surface area contributed by atoms with Crippen LogP contribution in [0.5, 0.6) is 11.5 Å². The van der Waals surface area contributed by atoms with Gasteiger partial charge in [-0.2, -0.15) is 5.10 Å². The van der Waals surface area contributed by atoms with Gasteiger partial charge in [-0.15, -0.1) is 0 Å². The van der Waals surface area contributed by atoms with Crippen LogP contribution in [0.2, 0.25) is 5.02 Å². The van der Waals surface area contributed by atoms with Crippen LogP contribution < -0.4 is 15.0 Å². The van der Waals surface area contributed by atoms with E-state index in [9.17, 15) is 4.79 Å². The predicted octanol–water partition coefficient (Wildman–Crippen LogP) is 3.33. The lowest BCUT2D eigenvalue weighted by Crippen LogP contribution is -2.47. The Morgan fingerprint density at radius 1 is 0.971 bits per heavy atom. The second-order valence-electron chi connectivity index (χ2n) is 8.66. The Hall–Kier alpha value is -3.07. The number of benzene rings is 2. The quantitative estimate of drug-likeness (QED) is 0.421. The van der Waals surface area contributed by atoms with Gasteiger partial charge in [-0.25, -0.2) is 4.68 Å². The lowest BCUT2D eigenvalue weighted by atomic mass is 10.2. The lowest BCUT2D eigenvalue weighted by molar-refractivity contribution is 0.0972. The molecule has 5 rings (SSSR count). The number of methoxy groups -OCH3 is 2. The van der Waals surface area contributed by atoms with Crippen LogP contribution in [0, 0.1) is 0 Å². The van der Waals surface area contributed by atoms with Crippen molar-refractivity contribution in [1.29, 1.82) is 0 Å². The van der Waals surface area contributed by atoms with Crippen LogP contribution in [0.1, 0.15) is 5.56 Å². The molecule has 0 unspecified atom stereocenters. The molecular formula is C25H28ClN5O3. The fourth-order valence-electron chi connectivity index (χ4n) is 4.75. The first-order chi connectivity index (χ1) is 16.5. The van der Waals surface area contributed by atoms with Gasteiger partial charge in [-0.05, 0) is 23.8 Å². The van der Waals surface area contributed by atoms with Gasteiger partial charge in [0.05, 0.1) is 32.6 Å². The summed E-state index contributed by atoms with van der Waals surface area (Å²) in [6.45, 7) is 4.94. The minimum atomic E-state index is -0.101. The second kappa shape index (κ2) is 9.29. The molecule has 8 nitrogen and oxygen atoms in total. The minimum absolute atomic E-state index is 0.101. The molecule has 0 spiro atoms. The van der Waals surface area contributed by atoms with Crippen molar-refractivity contribution in [3.63, 3.8) is 0 Å². The zero-order chi connectivity index (χ0) is 23.8. The summed E-state index contributed by atoms with van der Waals surface area (Å²) < 4.78 is 14.4. The maximum absolute atomic E-state index is 13.4. The Morgan fingerprint density at radius 3 is 2.38 bits per heavy atom. The third-order valence-corrected chi connectivity index (χ3v) is 6.84. The molecule has 0 saturated carbocycles. The van der Waals surface area contributed by atoms with E-state index in [0.29, 0.717) is 23.7 Å². The van der Waals surface area contributed by atoms with E-state index < -0.39 is 0 Å². The van der Waals surface area contributed by atoms with E-state index in [2.05, 4.69) is 21.0 Å². The molecule has 0 atom stereocenters. The first-order valence-corrected chi connectivity index (χ1v) is 11.7. The Labute approximate surface area is 202 Å². The van der Waals surface area contributed by atoms with Gasteiger partial charge in [0.1, 0.15) is 5.52 Å². The van der Waals surface area contributed by atoms with Crippen molar-refractivity contribution < 1.29 is 9.47 Å². The molecule has 0 radical (unpaired) electrons. The molecular weight excluding hydrogens is 454 g/mol. The molecule has 3 heterocycles. The summed E-state index contributed by atoms with van der Waals surface area (Å²) in [7, 11) is 5.11. The lowest BCUT2D eigenvalue weighted by Gasteiger charge is -2.34. The molecule has 9 heteroatoms. The largest absolute Gasteiger partial charge is 0.493 e. The average molecular weight is 482 g/mol. The number of halogens is 1. The van der Waals surface area contributed by atoms with E-state index in [1.807, 2.05) is 41.9 Å². The molecule has 1 aliphatic heterocycles. The molecule has 34 heavy (non-hydrogen) atoms. The highest BCUT2D eigenvalue weighted by atomic mass is 35.5. The smallest absolute Gasteiger partial charge is 0.292 e. The van der Waals surface area contributed by atoms with Gasteiger partial charge < -0.3 is 14.0 Å². The third kappa shape index (κ3) is 4.13. The molecule has 1 saturated heterocycles. The highest BCUT2D eigenvalue weighted by molar-refractivity contribution is 6.30. The third-order valence-electron chi connectivity index (χ3n) is 6.60. The normalized spacial score (nSPS) is 15.3. The molecule has 178 valence electrons. The predicted molar refractivity (Wildman–Crippen MR) is 134 cm³/mol. The highest BCUT2D eigenvalue weighted by Crippen LogP contribution is 2.36. The van der Waals surface area contributed by atoms with Crippen LogP contribution in [0.4, 0.5) is 0 Å². The number of hydrogen-bond donors (Lipinski definition) is 0. The fraction of sp³-hybridized carbons (Fsp3) is 0.360. The molecule has 2 aromatic heterocycles. The van der Waals surface area contributed by atoms with E-state index >= 15 is 0 Å². The molecule has 0 bridgehead atoms. The van der Waals surface area contributed by atoms with Crippen molar-refractivity contribution in [2.45, 2.75) is 13.2 Å². The summed E-state index contributed by atoms with van der Waals surface area (Å²) in [4.78, 5) is 18.1. The van der Waals surface area contributed by atoms with E-state index in [-0.39, 0.29) is 5.56 Å².